The lowest BCUT2D eigenvalue weighted by Crippen LogP contribution is -1.91. The Bertz CT molecular complexity index is 1620. The lowest BCUT2D eigenvalue weighted by molar-refractivity contribution is 1.36. The van der Waals surface area contributed by atoms with E-state index in [1.54, 1.807) is 0 Å². The summed E-state index contributed by atoms with van der Waals surface area (Å²) in [6.07, 6.45) is 6.33. The van der Waals surface area contributed by atoms with E-state index in [0.717, 1.165) is 5.69 Å². The van der Waals surface area contributed by atoms with Crippen molar-refractivity contribution in [2.24, 2.45) is 0 Å². The molecule has 1 aromatic heterocycles. The molecule has 0 spiro atoms. The van der Waals surface area contributed by atoms with E-state index in [2.05, 4.69) is 121 Å². The van der Waals surface area contributed by atoms with Crippen LogP contribution in [0.1, 0.15) is 11.1 Å². The van der Waals surface area contributed by atoms with Crippen molar-refractivity contribution in [2.75, 3.05) is 0 Å². The number of benzene rings is 5. The Hall–Kier alpha value is -4.23. The van der Waals surface area contributed by atoms with Crippen LogP contribution >= 0.6 is 0 Å². The predicted octanol–water partition coefficient (Wildman–Crippen LogP) is 8.38. The van der Waals surface area contributed by atoms with Gasteiger partial charge in [-0.1, -0.05) is 109 Å². The third-order valence-corrected chi connectivity index (χ3v) is 6.10. The van der Waals surface area contributed by atoms with Gasteiger partial charge >= 0.3 is 0 Å². The van der Waals surface area contributed by atoms with Crippen molar-refractivity contribution in [2.45, 2.75) is 0 Å². The van der Waals surface area contributed by atoms with Gasteiger partial charge in [0.2, 0.25) is 0 Å². The van der Waals surface area contributed by atoms with Crippen LogP contribution < -0.4 is 0 Å². The first kappa shape index (κ1) is 18.5. The molecular weight excluding hydrogens is 386 g/mol. The Morgan fingerprint density at radius 3 is 2.00 bits per heavy atom. The van der Waals surface area contributed by atoms with E-state index in [4.69, 9.17) is 4.98 Å². The van der Waals surface area contributed by atoms with Crippen molar-refractivity contribution in [3.05, 3.63) is 127 Å². The summed E-state index contributed by atoms with van der Waals surface area (Å²) >= 11 is 0. The summed E-state index contributed by atoms with van der Waals surface area (Å²) in [4.78, 5) is 4.85. The molecule has 1 heterocycles. The van der Waals surface area contributed by atoms with Crippen molar-refractivity contribution < 1.29 is 0 Å². The first-order valence-corrected chi connectivity index (χ1v) is 10.9. The van der Waals surface area contributed by atoms with Crippen molar-refractivity contribution >= 4 is 44.5 Å². The van der Waals surface area contributed by atoms with Gasteiger partial charge in [0.15, 0.2) is 0 Å². The third-order valence-electron chi connectivity index (χ3n) is 6.10. The Morgan fingerprint density at radius 1 is 0.500 bits per heavy atom. The summed E-state index contributed by atoms with van der Waals surface area (Å²) < 4.78 is 0. The number of aromatic nitrogens is 1. The first-order valence-electron chi connectivity index (χ1n) is 10.9. The molecule has 0 aliphatic carbocycles. The molecule has 150 valence electrons. The number of nitrogens with zero attached hydrogens (tertiary/aromatic N) is 1. The van der Waals surface area contributed by atoms with Gasteiger partial charge in [-0.3, -0.25) is 4.98 Å². The molecule has 0 saturated carbocycles. The van der Waals surface area contributed by atoms with Crippen LogP contribution in [0, 0.1) is 0 Å². The second-order valence-electron chi connectivity index (χ2n) is 8.07. The van der Waals surface area contributed by atoms with E-state index >= 15 is 0 Å². The van der Waals surface area contributed by atoms with Crippen molar-refractivity contribution in [1.82, 2.24) is 4.98 Å². The fourth-order valence-electron chi connectivity index (χ4n) is 4.51. The molecule has 0 amide bonds. The number of hydrogen-bond donors (Lipinski definition) is 0. The fraction of sp³-hybridized carbons (Fsp3) is 0. The summed E-state index contributed by atoms with van der Waals surface area (Å²) in [6, 6.07) is 38.6. The highest BCUT2D eigenvalue weighted by molar-refractivity contribution is 6.07. The highest BCUT2D eigenvalue weighted by atomic mass is 14.7. The van der Waals surface area contributed by atoms with Crippen LogP contribution in [0.3, 0.4) is 0 Å². The fourth-order valence-corrected chi connectivity index (χ4v) is 4.51. The molecule has 6 aromatic rings. The van der Waals surface area contributed by atoms with Gasteiger partial charge in [0, 0.05) is 17.1 Å². The minimum atomic E-state index is 1.03. The maximum atomic E-state index is 4.85. The van der Waals surface area contributed by atoms with Gasteiger partial charge in [0.25, 0.3) is 0 Å². The highest BCUT2D eigenvalue weighted by Crippen LogP contribution is 2.36. The van der Waals surface area contributed by atoms with Gasteiger partial charge in [-0.2, -0.15) is 0 Å². The average Bonchev–Trinajstić information content (AvgIpc) is 2.86. The molecule has 0 aliphatic heterocycles. The van der Waals surface area contributed by atoms with Crippen LogP contribution in [-0.2, 0) is 0 Å². The van der Waals surface area contributed by atoms with Gasteiger partial charge in [-0.15, -0.1) is 0 Å². The van der Waals surface area contributed by atoms with Crippen LogP contribution in [-0.4, -0.2) is 4.98 Å². The van der Waals surface area contributed by atoms with Crippen LogP contribution in [0.2, 0.25) is 0 Å². The summed E-state index contributed by atoms with van der Waals surface area (Å²) in [5.74, 6) is 0. The molecule has 0 unspecified atom stereocenters. The Labute approximate surface area is 187 Å². The van der Waals surface area contributed by atoms with Crippen LogP contribution in [0.5, 0.6) is 0 Å². The molecule has 0 fully saturated rings. The minimum Gasteiger partial charge on any atom is -0.256 e. The molecule has 0 N–H and O–H groups in total. The quantitative estimate of drug-likeness (QED) is 0.268. The first-order chi connectivity index (χ1) is 15.9. The van der Waals surface area contributed by atoms with E-state index in [1.165, 1.54) is 49.0 Å². The molecule has 0 bridgehead atoms. The van der Waals surface area contributed by atoms with Crippen molar-refractivity contribution in [1.29, 1.82) is 0 Å². The van der Waals surface area contributed by atoms with Gasteiger partial charge in [-0.25, -0.2) is 0 Å². The lowest BCUT2D eigenvalue weighted by Gasteiger charge is -2.13. The lowest BCUT2D eigenvalue weighted by atomic mass is 9.93. The number of rotatable bonds is 3. The second-order valence-corrected chi connectivity index (χ2v) is 8.07. The molecule has 0 aliphatic rings. The summed E-state index contributed by atoms with van der Waals surface area (Å²) in [5.41, 5.74) is 4.56. The molecule has 0 saturated heterocycles. The third kappa shape index (κ3) is 3.25. The van der Waals surface area contributed by atoms with Crippen LogP contribution in [0.15, 0.2) is 115 Å². The summed E-state index contributed by atoms with van der Waals surface area (Å²) in [6.45, 7) is 0. The summed E-state index contributed by atoms with van der Waals surface area (Å²) in [5, 5.41) is 7.33. The predicted molar refractivity (Wildman–Crippen MR) is 138 cm³/mol. The zero-order valence-electron chi connectivity index (χ0n) is 17.6. The summed E-state index contributed by atoms with van der Waals surface area (Å²) in [7, 11) is 0. The number of fused-ring (bicyclic) bond motifs is 3. The topological polar surface area (TPSA) is 12.9 Å². The van der Waals surface area contributed by atoms with E-state index in [9.17, 15) is 0 Å². The molecule has 6 rings (SSSR count). The van der Waals surface area contributed by atoms with Crippen LogP contribution in [0.4, 0.5) is 0 Å². The van der Waals surface area contributed by atoms with E-state index in [-0.39, 0.29) is 0 Å². The largest absolute Gasteiger partial charge is 0.256 e. The Kier molecular flexibility index (Phi) is 4.51. The standard InChI is InChI=1S/C31H21N/c1-2-10-27-21-22(13-15-23(27)7-1)14-16-26-18-17-24-8-3-5-11-28(24)30(26)31-29-12-6-4-9-25(29)19-20-32-31/h1-21H/b16-14+. The van der Waals surface area contributed by atoms with Gasteiger partial charge < -0.3 is 0 Å². The SMILES string of the molecule is C(=C\c1ccc2ccccc2c1-c1nccc2ccccc12)/c1ccc2ccccc2c1. The average molecular weight is 408 g/mol. The monoisotopic (exact) mass is 407 g/mol. The van der Waals surface area contributed by atoms with E-state index in [0.29, 0.717) is 0 Å². The molecule has 0 radical (unpaired) electrons. The maximum Gasteiger partial charge on any atom is 0.0792 e. The second kappa shape index (κ2) is 7.79. The molecule has 5 aromatic carbocycles. The molecule has 0 atom stereocenters. The molecular formula is C31H21N. The smallest absolute Gasteiger partial charge is 0.0792 e. The molecule has 1 nitrogen and oxygen atoms in total. The Morgan fingerprint density at radius 2 is 1.16 bits per heavy atom. The van der Waals surface area contributed by atoms with E-state index < -0.39 is 0 Å². The van der Waals surface area contributed by atoms with Crippen molar-refractivity contribution in [3.63, 3.8) is 0 Å². The minimum absolute atomic E-state index is 1.03. The maximum absolute atomic E-state index is 4.85. The van der Waals surface area contributed by atoms with Crippen LogP contribution in [0.25, 0.3) is 55.7 Å². The van der Waals surface area contributed by atoms with Gasteiger partial charge in [0.05, 0.1) is 5.69 Å². The molecule has 1 heteroatoms. The highest BCUT2D eigenvalue weighted by Gasteiger charge is 2.12. The normalized spacial score (nSPS) is 11.6. The van der Waals surface area contributed by atoms with Crippen molar-refractivity contribution in [3.8, 4) is 11.3 Å². The number of hydrogen-bond acceptors (Lipinski definition) is 1. The molecule has 32 heavy (non-hydrogen) atoms. The van der Waals surface area contributed by atoms with Gasteiger partial charge in [-0.05, 0) is 50.2 Å². The zero-order chi connectivity index (χ0) is 21.3. The van der Waals surface area contributed by atoms with E-state index in [1.807, 2.05) is 6.20 Å². The number of pyridine rings is 1. The Balaban J connectivity index is 1.56. The zero-order valence-corrected chi connectivity index (χ0v) is 17.6. The van der Waals surface area contributed by atoms with Gasteiger partial charge in [0.1, 0.15) is 0 Å².